The van der Waals surface area contributed by atoms with E-state index in [0.29, 0.717) is 16.5 Å². The van der Waals surface area contributed by atoms with Gasteiger partial charge >= 0.3 is 0 Å². The first kappa shape index (κ1) is 29.8. The van der Waals surface area contributed by atoms with Gasteiger partial charge in [-0.1, -0.05) is 49.1 Å². The third-order valence-electron chi connectivity index (χ3n) is 6.88. The Morgan fingerprint density at radius 1 is 1.11 bits per heavy atom. The molecule has 0 heterocycles. The Kier molecular flexibility index (Phi) is 10.8. The molecule has 1 saturated carbocycles. The fourth-order valence-electron chi connectivity index (χ4n) is 4.71. The van der Waals surface area contributed by atoms with Crippen LogP contribution in [0, 0.1) is 0 Å². The number of amides is 2. The molecule has 0 aliphatic heterocycles. The Morgan fingerprint density at radius 3 is 2.42 bits per heavy atom. The van der Waals surface area contributed by atoms with E-state index in [1.165, 1.54) is 17.8 Å². The van der Waals surface area contributed by atoms with Crippen molar-refractivity contribution in [2.75, 3.05) is 24.2 Å². The van der Waals surface area contributed by atoms with E-state index in [9.17, 15) is 18.0 Å². The number of hydrogen-bond acceptors (Lipinski definition) is 5. The molecule has 0 aromatic heterocycles. The van der Waals surface area contributed by atoms with Crippen LogP contribution in [-0.4, -0.2) is 57.1 Å². The molecule has 1 fully saturated rings. The molecule has 0 radical (unpaired) electrons. The van der Waals surface area contributed by atoms with Gasteiger partial charge in [0.1, 0.15) is 11.8 Å². The standard InChI is InChI=1S/C28H38ClN3O5S/c1-21(28(34)30-24-9-5-4-6-10-24)31(20-22-14-16-23(29)17-15-22)27(33)13-8-18-32(38(3,35)36)25-11-7-12-26(19-25)37-2/h7,11-12,14-17,19,21,24H,4-6,8-10,13,18,20H2,1-3H3,(H,30,34)/t21-/m0/s1. The van der Waals surface area contributed by atoms with E-state index in [4.69, 9.17) is 16.3 Å². The fraction of sp³-hybridized carbons (Fsp3) is 0.500. The summed E-state index contributed by atoms with van der Waals surface area (Å²) in [4.78, 5) is 28.2. The molecule has 208 valence electrons. The Labute approximate surface area is 231 Å². The number of hydrogen-bond donors (Lipinski definition) is 1. The van der Waals surface area contributed by atoms with Crippen LogP contribution in [0.3, 0.4) is 0 Å². The first-order valence-electron chi connectivity index (χ1n) is 13.0. The molecule has 0 unspecified atom stereocenters. The molecule has 2 aromatic rings. The predicted octanol–water partition coefficient (Wildman–Crippen LogP) is 4.76. The summed E-state index contributed by atoms with van der Waals surface area (Å²) < 4.78 is 31.5. The molecule has 0 spiro atoms. The summed E-state index contributed by atoms with van der Waals surface area (Å²) in [5, 5.41) is 3.71. The molecule has 1 atom stereocenters. The molecule has 2 amide bonds. The van der Waals surface area contributed by atoms with E-state index in [2.05, 4.69) is 5.32 Å². The predicted molar refractivity (Wildman–Crippen MR) is 151 cm³/mol. The van der Waals surface area contributed by atoms with Gasteiger partial charge in [-0.25, -0.2) is 8.42 Å². The van der Waals surface area contributed by atoms with Crippen LogP contribution in [0.1, 0.15) is 57.4 Å². The first-order chi connectivity index (χ1) is 18.1. The minimum Gasteiger partial charge on any atom is -0.497 e. The summed E-state index contributed by atoms with van der Waals surface area (Å²) in [6.45, 7) is 2.11. The summed E-state index contributed by atoms with van der Waals surface area (Å²) in [6, 6.07) is 13.4. The van der Waals surface area contributed by atoms with E-state index >= 15 is 0 Å². The lowest BCUT2D eigenvalue weighted by Crippen LogP contribution is -2.50. The van der Waals surface area contributed by atoms with E-state index < -0.39 is 16.1 Å². The van der Waals surface area contributed by atoms with Crippen LogP contribution >= 0.6 is 11.6 Å². The van der Waals surface area contributed by atoms with Gasteiger partial charge in [-0.15, -0.1) is 0 Å². The van der Waals surface area contributed by atoms with Gasteiger partial charge in [0.25, 0.3) is 0 Å². The number of nitrogens with one attached hydrogen (secondary N) is 1. The Balaban J connectivity index is 1.71. The molecule has 0 saturated heterocycles. The number of rotatable bonds is 12. The zero-order valence-electron chi connectivity index (χ0n) is 22.4. The number of halogens is 1. The number of ether oxygens (including phenoxy) is 1. The van der Waals surface area contributed by atoms with Gasteiger partial charge in [-0.3, -0.25) is 13.9 Å². The van der Waals surface area contributed by atoms with Crippen molar-refractivity contribution in [1.29, 1.82) is 0 Å². The maximum atomic E-state index is 13.5. The molecule has 1 aliphatic rings. The smallest absolute Gasteiger partial charge is 0.242 e. The summed E-state index contributed by atoms with van der Waals surface area (Å²) >= 11 is 6.03. The highest BCUT2D eigenvalue weighted by Gasteiger charge is 2.28. The van der Waals surface area contributed by atoms with E-state index in [1.54, 1.807) is 48.2 Å². The van der Waals surface area contributed by atoms with E-state index in [-0.39, 0.29) is 43.8 Å². The van der Waals surface area contributed by atoms with Gasteiger partial charge in [0.05, 0.1) is 19.1 Å². The molecule has 38 heavy (non-hydrogen) atoms. The average Bonchev–Trinajstić information content (AvgIpc) is 2.90. The topological polar surface area (TPSA) is 96.0 Å². The minimum absolute atomic E-state index is 0.0879. The van der Waals surface area contributed by atoms with Gasteiger partial charge in [-0.05, 0) is 56.0 Å². The van der Waals surface area contributed by atoms with Crippen LogP contribution in [0.15, 0.2) is 48.5 Å². The maximum absolute atomic E-state index is 13.5. The van der Waals surface area contributed by atoms with Gasteiger partial charge in [-0.2, -0.15) is 0 Å². The van der Waals surface area contributed by atoms with Gasteiger partial charge in [0.2, 0.25) is 21.8 Å². The molecular formula is C28H38ClN3O5S. The Bertz CT molecular complexity index is 1180. The molecule has 10 heteroatoms. The lowest BCUT2D eigenvalue weighted by atomic mass is 9.95. The third-order valence-corrected chi connectivity index (χ3v) is 8.32. The molecule has 3 rings (SSSR count). The Morgan fingerprint density at radius 2 is 1.79 bits per heavy atom. The largest absolute Gasteiger partial charge is 0.497 e. The van der Waals surface area contributed by atoms with Crippen LogP contribution in [0.2, 0.25) is 5.02 Å². The number of benzene rings is 2. The lowest BCUT2D eigenvalue weighted by molar-refractivity contribution is -0.141. The lowest BCUT2D eigenvalue weighted by Gasteiger charge is -2.31. The molecular weight excluding hydrogens is 526 g/mol. The van der Waals surface area contributed by atoms with Gasteiger partial charge in [0.15, 0.2) is 0 Å². The van der Waals surface area contributed by atoms with Gasteiger partial charge in [0, 0.05) is 36.6 Å². The van der Waals surface area contributed by atoms with Crippen molar-refractivity contribution < 1.29 is 22.7 Å². The number of anilines is 1. The van der Waals surface area contributed by atoms with Crippen molar-refractivity contribution in [3.63, 3.8) is 0 Å². The number of carbonyl (C=O) groups excluding carboxylic acids is 2. The number of nitrogens with zero attached hydrogens (tertiary/aromatic N) is 2. The van der Waals surface area contributed by atoms with Crippen LogP contribution < -0.4 is 14.4 Å². The van der Waals surface area contributed by atoms with E-state index in [0.717, 1.165) is 37.5 Å². The summed E-state index contributed by atoms with van der Waals surface area (Å²) in [6.07, 6.45) is 6.79. The first-order valence-corrected chi connectivity index (χ1v) is 15.3. The van der Waals surface area contributed by atoms with E-state index in [1.807, 2.05) is 12.1 Å². The van der Waals surface area contributed by atoms with Crippen LogP contribution in [-0.2, 0) is 26.2 Å². The van der Waals surface area contributed by atoms with Crippen molar-refractivity contribution >= 4 is 39.1 Å². The highest BCUT2D eigenvalue weighted by atomic mass is 35.5. The van der Waals surface area contributed by atoms with Crippen molar-refractivity contribution in [3.05, 3.63) is 59.1 Å². The van der Waals surface area contributed by atoms with Crippen molar-refractivity contribution in [1.82, 2.24) is 10.2 Å². The highest BCUT2D eigenvalue weighted by molar-refractivity contribution is 7.92. The van der Waals surface area contributed by atoms with Crippen LogP contribution in [0.25, 0.3) is 0 Å². The average molecular weight is 564 g/mol. The zero-order valence-corrected chi connectivity index (χ0v) is 23.9. The van der Waals surface area contributed by atoms with Crippen molar-refractivity contribution in [2.45, 2.75) is 70.5 Å². The quantitative estimate of drug-likeness (QED) is 0.401. The molecule has 1 aliphatic carbocycles. The summed E-state index contributed by atoms with van der Waals surface area (Å²) in [5.74, 6) is 0.151. The van der Waals surface area contributed by atoms with Crippen molar-refractivity contribution in [2.24, 2.45) is 0 Å². The highest BCUT2D eigenvalue weighted by Crippen LogP contribution is 2.24. The molecule has 1 N–H and O–H groups in total. The van der Waals surface area contributed by atoms with Gasteiger partial charge < -0.3 is 15.0 Å². The monoisotopic (exact) mass is 563 g/mol. The Hall–Kier alpha value is -2.78. The maximum Gasteiger partial charge on any atom is 0.242 e. The summed E-state index contributed by atoms with van der Waals surface area (Å²) in [7, 11) is -2.07. The molecule has 2 aromatic carbocycles. The van der Waals surface area contributed by atoms with Crippen molar-refractivity contribution in [3.8, 4) is 5.75 Å². The fourth-order valence-corrected chi connectivity index (χ4v) is 5.79. The zero-order chi connectivity index (χ0) is 27.7. The number of sulfonamides is 1. The number of methoxy groups -OCH3 is 1. The normalized spacial score (nSPS) is 14.9. The van der Waals surface area contributed by atoms with Crippen LogP contribution in [0.5, 0.6) is 5.75 Å². The number of carbonyl (C=O) groups is 2. The third kappa shape index (κ3) is 8.63. The second kappa shape index (κ2) is 13.8. The van der Waals surface area contributed by atoms with Crippen LogP contribution in [0.4, 0.5) is 5.69 Å². The second-order valence-corrected chi connectivity index (χ2v) is 12.2. The molecule has 0 bridgehead atoms. The minimum atomic E-state index is -3.58. The second-order valence-electron chi connectivity index (χ2n) is 9.81. The SMILES string of the molecule is COc1cccc(N(CCCC(=O)N(Cc2ccc(Cl)cc2)[C@@H](C)C(=O)NC2CCCCC2)S(C)(=O)=O)c1. The molecule has 8 nitrogen and oxygen atoms in total. The summed E-state index contributed by atoms with van der Waals surface area (Å²) in [5.41, 5.74) is 1.33.